The summed E-state index contributed by atoms with van der Waals surface area (Å²) in [6.07, 6.45) is 0.832. The summed E-state index contributed by atoms with van der Waals surface area (Å²) in [6.45, 7) is 0. The molecule has 0 saturated carbocycles. The molecule has 0 aliphatic heterocycles. The number of anilines is 1. The third kappa shape index (κ3) is 1.16. The maximum absolute atomic E-state index is 10.7. The molecule has 2 aromatic carbocycles. The number of hydrogen-bond acceptors (Lipinski definition) is 2. The number of carbonyl (C=O) groups is 1. The monoisotopic (exact) mass is 171 g/mol. The Morgan fingerprint density at radius 2 is 1.77 bits per heavy atom. The van der Waals surface area contributed by atoms with Crippen LogP contribution in [0.25, 0.3) is 10.8 Å². The van der Waals surface area contributed by atoms with Gasteiger partial charge in [-0.15, -0.1) is 0 Å². The van der Waals surface area contributed by atoms with Gasteiger partial charge in [-0.3, -0.25) is 4.79 Å². The highest BCUT2D eigenvalue weighted by atomic mass is 16.1. The van der Waals surface area contributed by atoms with Crippen molar-refractivity contribution in [3.8, 4) is 0 Å². The molecule has 2 heteroatoms. The smallest absolute Gasteiger partial charge is 0.150 e. The maximum Gasteiger partial charge on any atom is 0.150 e. The Morgan fingerprint density at radius 1 is 1.08 bits per heavy atom. The zero-order valence-corrected chi connectivity index (χ0v) is 7.03. The van der Waals surface area contributed by atoms with Crippen molar-refractivity contribution in [2.75, 3.05) is 5.73 Å². The summed E-state index contributed by atoms with van der Waals surface area (Å²) in [6, 6.07) is 11.2. The molecule has 2 rings (SSSR count). The minimum Gasteiger partial charge on any atom is -0.398 e. The van der Waals surface area contributed by atoms with E-state index < -0.39 is 0 Å². The lowest BCUT2D eigenvalue weighted by atomic mass is 10.0. The van der Waals surface area contributed by atoms with E-state index in [0.717, 1.165) is 17.1 Å². The van der Waals surface area contributed by atoms with Gasteiger partial charge >= 0.3 is 0 Å². The average Bonchev–Trinajstić information content (AvgIpc) is 2.17. The highest BCUT2D eigenvalue weighted by molar-refractivity contribution is 6.04. The van der Waals surface area contributed by atoms with Gasteiger partial charge in [-0.05, 0) is 11.5 Å². The van der Waals surface area contributed by atoms with Gasteiger partial charge in [0.15, 0.2) is 6.29 Å². The molecular weight excluding hydrogens is 162 g/mol. The van der Waals surface area contributed by atoms with E-state index in [1.807, 2.05) is 24.3 Å². The van der Waals surface area contributed by atoms with Crippen molar-refractivity contribution >= 4 is 22.7 Å². The summed E-state index contributed by atoms with van der Waals surface area (Å²) >= 11 is 0. The second-order valence-electron chi connectivity index (χ2n) is 2.91. The van der Waals surface area contributed by atoms with E-state index in [-0.39, 0.29) is 0 Å². The molecule has 0 radical (unpaired) electrons. The van der Waals surface area contributed by atoms with Crippen molar-refractivity contribution in [2.45, 2.75) is 0 Å². The fourth-order valence-electron chi connectivity index (χ4n) is 1.50. The molecule has 0 aliphatic rings. The molecule has 13 heavy (non-hydrogen) atoms. The van der Waals surface area contributed by atoms with Crippen LogP contribution in [0.15, 0.2) is 36.4 Å². The quantitative estimate of drug-likeness (QED) is 0.528. The van der Waals surface area contributed by atoms with E-state index in [4.69, 9.17) is 5.73 Å². The van der Waals surface area contributed by atoms with Gasteiger partial charge in [-0.25, -0.2) is 0 Å². The largest absolute Gasteiger partial charge is 0.398 e. The Morgan fingerprint density at radius 3 is 2.46 bits per heavy atom. The lowest BCUT2D eigenvalue weighted by molar-refractivity contribution is 0.112. The fourth-order valence-corrected chi connectivity index (χ4v) is 1.50. The highest BCUT2D eigenvalue weighted by Gasteiger charge is 2.01. The number of carbonyl (C=O) groups excluding carboxylic acids is 1. The molecule has 64 valence electrons. The highest BCUT2D eigenvalue weighted by Crippen LogP contribution is 2.23. The van der Waals surface area contributed by atoms with Crippen molar-refractivity contribution in [1.29, 1.82) is 0 Å². The summed E-state index contributed by atoms with van der Waals surface area (Å²) in [5.74, 6) is 0. The number of nitrogens with two attached hydrogens (primary N) is 1. The van der Waals surface area contributed by atoms with Crippen LogP contribution in [0.5, 0.6) is 0 Å². The van der Waals surface area contributed by atoms with Crippen molar-refractivity contribution in [3.63, 3.8) is 0 Å². The van der Waals surface area contributed by atoms with Crippen molar-refractivity contribution in [3.05, 3.63) is 42.0 Å². The van der Waals surface area contributed by atoms with Crippen LogP contribution in [0.4, 0.5) is 5.69 Å². The maximum atomic E-state index is 10.7. The molecule has 0 aliphatic carbocycles. The topological polar surface area (TPSA) is 43.1 Å². The number of rotatable bonds is 1. The molecule has 0 heterocycles. The van der Waals surface area contributed by atoms with Crippen LogP contribution >= 0.6 is 0 Å². The molecule has 0 spiro atoms. The van der Waals surface area contributed by atoms with Crippen LogP contribution in [0.1, 0.15) is 10.4 Å². The summed E-state index contributed by atoms with van der Waals surface area (Å²) in [5, 5.41) is 1.85. The zero-order valence-electron chi connectivity index (χ0n) is 7.03. The van der Waals surface area contributed by atoms with Crippen molar-refractivity contribution in [2.24, 2.45) is 0 Å². The number of fused-ring (bicyclic) bond motifs is 1. The van der Waals surface area contributed by atoms with Crippen LogP contribution in [-0.4, -0.2) is 6.29 Å². The summed E-state index contributed by atoms with van der Waals surface area (Å²) in [4.78, 5) is 10.7. The molecule has 2 aromatic rings. The van der Waals surface area contributed by atoms with Gasteiger partial charge < -0.3 is 5.73 Å². The third-order valence-electron chi connectivity index (χ3n) is 2.10. The van der Waals surface area contributed by atoms with E-state index in [2.05, 4.69) is 0 Å². The summed E-state index contributed by atoms with van der Waals surface area (Å²) in [7, 11) is 0. The van der Waals surface area contributed by atoms with Gasteiger partial charge in [0.2, 0.25) is 0 Å². The van der Waals surface area contributed by atoms with E-state index in [1.54, 1.807) is 12.1 Å². The number of nitrogen functional groups attached to an aromatic ring is 1. The standard InChI is InChI=1S/C11H9NO/c12-10-6-2-4-8-3-1-5-9(7-13)11(8)10/h1-7H,12H2. The Kier molecular flexibility index (Phi) is 1.74. The molecule has 2 N–H and O–H groups in total. The van der Waals surface area contributed by atoms with Crippen molar-refractivity contribution < 1.29 is 4.79 Å². The minimum atomic E-state index is 0.649. The Labute approximate surface area is 76.0 Å². The van der Waals surface area contributed by atoms with Crippen LogP contribution in [-0.2, 0) is 0 Å². The molecule has 0 unspecified atom stereocenters. The average molecular weight is 171 g/mol. The lowest BCUT2D eigenvalue weighted by Gasteiger charge is -2.03. The molecule has 0 atom stereocenters. The summed E-state index contributed by atoms with van der Waals surface area (Å²) in [5.41, 5.74) is 7.08. The second-order valence-corrected chi connectivity index (χ2v) is 2.91. The Balaban J connectivity index is 2.94. The molecule has 0 amide bonds. The first-order chi connectivity index (χ1) is 6.33. The third-order valence-corrected chi connectivity index (χ3v) is 2.10. The van der Waals surface area contributed by atoms with Crippen LogP contribution in [0, 0.1) is 0 Å². The minimum absolute atomic E-state index is 0.649. The predicted molar refractivity (Wildman–Crippen MR) is 53.7 cm³/mol. The molecular formula is C11H9NO. The van der Waals surface area contributed by atoms with Gasteiger partial charge in [-0.1, -0.05) is 30.3 Å². The number of hydrogen-bond donors (Lipinski definition) is 1. The fraction of sp³-hybridized carbons (Fsp3) is 0. The van der Waals surface area contributed by atoms with E-state index >= 15 is 0 Å². The first kappa shape index (κ1) is 7.80. The van der Waals surface area contributed by atoms with Crippen molar-refractivity contribution in [1.82, 2.24) is 0 Å². The first-order valence-electron chi connectivity index (χ1n) is 4.05. The normalized spacial score (nSPS) is 10.2. The van der Waals surface area contributed by atoms with E-state index in [9.17, 15) is 4.79 Å². The second kappa shape index (κ2) is 2.90. The number of aldehydes is 1. The predicted octanol–water partition coefficient (Wildman–Crippen LogP) is 2.23. The molecule has 0 bridgehead atoms. The van der Waals surface area contributed by atoms with Crippen LogP contribution in [0.2, 0.25) is 0 Å². The molecule has 0 aromatic heterocycles. The molecule has 0 saturated heterocycles. The van der Waals surface area contributed by atoms with E-state index in [0.29, 0.717) is 11.3 Å². The molecule has 2 nitrogen and oxygen atoms in total. The lowest BCUT2D eigenvalue weighted by Crippen LogP contribution is -1.90. The van der Waals surface area contributed by atoms with Gasteiger partial charge in [-0.2, -0.15) is 0 Å². The summed E-state index contributed by atoms with van der Waals surface area (Å²) < 4.78 is 0. The van der Waals surface area contributed by atoms with Gasteiger partial charge in [0.05, 0.1) is 0 Å². The molecule has 0 fully saturated rings. The van der Waals surface area contributed by atoms with Crippen LogP contribution < -0.4 is 5.73 Å². The number of benzene rings is 2. The van der Waals surface area contributed by atoms with Gasteiger partial charge in [0.1, 0.15) is 0 Å². The first-order valence-corrected chi connectivity index (χ1v) is 4.05. The van der Waals surface area contributed by atoms with E-state index in [1.165, 1.54) is 0 Å². The van der Waals surface area contributed by atoms with Gasteiger partial charge in [0.25, 0.3) is 0 Å². The van der Waals surface area contributed by atoms with Gasteiger partial charge in [0, 0.05) is 16.6 Å². The zero-order chi connectivity index (χ0) is 9.26. The Bertz CT molecular complexity index is 457. The SMILES string of the molecule is Nc1cccc2cccc(C=O)c12. The Hall–Kier alpha value is -1.83. The van der Waals surface area contributed by atoms with Crippen LogP contribution in [0.3, 0.4) is 0 Å².